The van der Waals surface area contributed by atoms with E-state index in [-0.39, 0.29) is 0 Å². The maximum Gasteiger partial charge on any atom is 0.212 e. The van der Waals surface area contributed by atoms with Crippen molar-refractivity contribution in [2.24, 2.45) is 14.1 Å². The van der Waals surface area contributed by atoms with Gasteiger partial charge in [-0.05, 0) is 38.5 Å². The van der Waals surface area contributed by atoms with E-state index < -0.39 is 0 Å². The first kappa shape index (κ1) is 14.5. The maximum absolute atomic E-state index is 4.75. The van der Waals surface area contributed by atoms with E-state index in [1.807, 2.05) is 6.07 Å². The summed E-state index contributed by atoms with van der Waals surface area (Å²) in [7, 11) is 4.16. The number of benzene rings is 1. The van der Waals surface area contributed by atoms with E-state index >= 15 is 0 Å². The Hall–Kier alpha value is -2.42. The summed E-state index contributed by atoms with van der Waals surface area (Å²) in [4.78, 5) is 4.75. The Kier molecular flexibility index (Phi) is 3.57. The van der Waals surface area contributed by atoms with E-state index in [1.54, 1.807) is 0 Å². The van der Waals surface area contributed by atoms with E-state index in [4.69, 9.17) is 4.98 Å². The Bertz CT molecular complexity index is 844. The normalized spacial score (nSPS) is 11.0. The van der Waals surface area contributed by atoms with Crippen LogP contribution in [0.2, 0.25) is 0 Å². The molecule has 0 radical (unpaired) electrons. The third-order valence-electron chi connectivity index (χ3n) is 4.52. The summed E-state index contributed by atoms with van der Waals surface area (Å²) in [6.45, 7) is 6.36. The molecule has 0 amide bonds. The van der Waals surface area contributed by atoms with Gasteiger partial charge in [-0.2, -0.15) is 0 Å². The van der Waals surface area contributed by atoms with Crippen LogP contribution >= 0.6 is 0 Å². The van der Waals surface area contributed by atoms with Crippen LogP contribution in [0, 0.1) is 20.8 Å². The number of hydrogen-bond donors (Lipinski definition) is 0. The van der Waals surface area contributed by atoms with Crippen molar-refractivity contribution in [1.29, 1.82) is 0 Å². The van der Waals surface area contributed by atoms with Crippen molar-refractivity contribution in [1.82, 2.24) is 9.55 Å². The summed E-state index contributed by atoms with van der Waals surface area (Å²) in [5.41, 5.74) is 7.22. The van der Waals surface area contributed by atoms with Gasteiger partial charge in [0, 0.05) is 36.0 Å². The molecule has 22 heavy (non-hydrogen) atoms. The van der Waals surface area contributed by atoms with Gasteiger partial charge in [0.1, 0.15) is 12.9 Å². The maximum atomic E-state index is 4.75. The number of aryl methyl sites for hydroxylation is 2. The van der Waals surface area contributed by atoms with Crippen LogP contribution in [0.1, 0.15) is 17.0 Å². The smallest absolute Gasteiger partial charge is 0.212 e. The summed E-state index contributed by atoms with van der Waals surface area (Å²) in [5, 5.41) is 0. The van der Waals surface area contributed by atoms with Crippen LogP contribution in [0.25, 0.3) is 22.6 Å². The number of hydrogen-bond acceptors (Lipinski definition) is 1. The van der Waals surface area contributed by atoms with Gasteiger partial charge in [-0.25, -0.2) is 9.55 Å². The van der Waals surface area contributed by atoms with Crippen LogP contribution in [0.3, 0.4) is 0 Å². The first-order chi connectivity index (χ1) is 10.5. The Balaban J connectivity index is 2.22. The van der Waals surface area contributed by atoms with Crippen LogP contribution in [0.5, 0.6) is 0 Å². The second kappa shape index (κ2) is 5.41. The van der Waals surface area contributed by atoms with Crippen molar-refractivity contribution in [3.63, 3.8) is 0 Å². The Labute approximate surface area is 131 Å². The second-order valence-corrected chi connectivity index (χ2v) is 5.84. The zero-order valence-electron chi connectivity index (χ0n) is 13.9. The molecule has 0 aliphatic heterocycles. The summed E-state index contributed by atoms with van der Waals surface area (Å²) < 4.78 is 4.33. The largest absolute Gasteiger partial charge is 0.331 e. The van der Waals surface area contributed by atoms with E-state index in [2.05, 4.69) is 80.5 Å². The molecule has 1 aromatic carbocycles. The summed E-state index contributed by atoms with van der Waals surface area (Å²) in [5.74, 6) is 1.04. The van der Waals surface area contributed by atoms with Crippen molar-refractivity contribution in [3.05, 3.63) is 59.5 Å². The average molecular weight is 292 g/mol. The van der Waals surface area contributed by atoms with Crippen LogP contribution in [0.4, 0.5) is 0 Å². The van der Waals surface area contributed by atoms with Crippen LogP contribution < -0.4 is 4.57 Å². The SMILES string of the molecule is Cc1nc(-c2cccc(-c3cccc[n+]3C)c2C)n(C)c1C. The third kappa shape index (κ3) is 2.23. The molecule has 0 aliphatic rings. The first-order valence-corrected chi connectivity index (χ1v) is 7.55. The molecule has 0 aliphatic carbocycles. The molecule has 0 fully saturated rings. The highest BCUT2D eigenvalue weighted by Crippen LogP contribution is 2.30. The molecular weight excluding hydrogens is 270 g/mol. The molecule has 2 aromatic heterocycles. The van der Waals surface area contributed by atoms with Crippen molar-refractivity contribution in [2.45, 2.75) is 20.8 Å². The van der Waals surface area contributed by atoms with Crippen molar-refractivity contribution in [2.75, 3.05) is 0 Å². The van der Waals surface area contributed by atoms with Crippen molar-refractivity contribution in [3.8, 4) is 22.6 Å². The molecule has 3 heteroatoms. The predicted molar refractivity (Wildman–Crippen MR) is 89.5 cm³/mol. The van der Waals surface area contributed by atoms with Gasteiger partial charge < -0.3 is 4.57 Å². The molecule has 0 saturated heterocycles. The van der Waals surface area contributed by atoms with E-state index in [0.717, 1.165) is 11.5 Å². The Morgan fingerprint density at radius 3 is 2.32 bits per heavy atom. The van der Waals surface area contributed by atoms with Gasteiger partial charge in [-0.1, -0.05) is 12.1 Å². The van der Waals surface area contributed by atoms with E-state index in [1.165, 1.54) is 28.1 Å². The molecule has 0 unspecified atom stereocenters. The molecule has 0 N–H and O–H groups in total. The highest BCUT2D eigenvalue weighted by molar-refractivity contribution is 5.73. The zero-order chi connectivity index (χ0) is 15.9. The predicted octanol–water partition coefficient (Wildman–Crippen LogP) is 3.50. The lowest BCUT2D eigenvalue weighted by Crippen LogP contribution is -2.30. The lowest BCUT2D eigenvalue weighted by molar-refractivity contribution is -0.660. The molecule has 0 bridgehead atoms. The summed E-state index contributed by atoms with van der Waals surface area (Å²) in [6, 6.07) is 12.7. The third-order valence-corrected chi connectivity index (χ3v) is 4.52. The average Bonchev–Trinajstić information content (AvgIpc) is 2.76. The highest BCUT2D eigenvalue weighted by atomic mass is 15.1. The van der Waals surface area contributed by atoms with Crippen LogP contribution in [0.15, 0.2) is 42.6 Å². The van der Waals surface area contributed by atoms with Gasteiger partial charge in [0.2, 0.25) is 5.69 Å². The van der Waals surface area contributed by atoms with Gasteiger partial charge in [0.05, 0.1) is 5.69 Å². The minimum Gasteiger partial charge on any atom is -0.331 e. The topological polar surface area (TPSA) is 21.7 Å². The van der Waals surface area contributed by atoms with Gasteiger partial charge >= 0.3 is 0 Å². The molecule has 3 nitrogen and oxygen atoms in total. The summed E-state index contributed by atoms with van der Waals surface area (Å²) >= 11 is 0. The van der Waals surface area contributed by atoms with E-state index in [9.17, 15) is 0 Å². The van der Waals surface area contributed by atoms with Gasteiger partial charge in [-0.3, -0.25) is 0 Å². The monoisotopic (exact) mass is 292 g/mol. The standard InChI is InChI=1S/C19H22N3/c1-13-16(18-11-6-7-12-21(18)4)9-8-10-17(13)19-20-14(2)15(3)22(19)5/h6-12H,1-5H3/q+1. The van der Waals surface area contributed by atoms with Gasteiger partial charge in [0.25, 0.3) is 0 Å². The lowest BCUT2D eigenvalue weighted by atomic mass is 9.99. The Morgan fingerprint density at radius 1 is 0.955 bits per heavy atom. The molecule has 0 spiro atoms. The molecule has 2 heterocycles. The van der Waals surface area contributed by atoms with Crippen molar-refractivity contribution >= 4 is 0 Å². The van der Waals surface area contributed by atoms with Crippen LogP contribution in [-0.2, 0) is 14.1 Å². The Morgan fingerprint density at radius 2 is 1.68 bits per heavy atom. The number of imidazole rings is 1. The number of rotatable bonds is 2. The number of aromatic nitrogens is 3. The number of nitrogens with zero attached hydrogens (tertiary/aromatic N) is 3. The molecule has 3 aromatic rings. The minimum absolute atomic E-state index is 1.04. The number of pyridine rings is 1. The zero-order valence-corrected chi connectivity index (χ0v) is 13.9. The summed E-state index contributed by atoms with van der Waals surface area (Å²) in [6.07, 6.45) is 2.08. The second-order valence-electron chi connectivity index (χ2n) is 5.84. The van der Waals surface area contributed by atoms with Gasteiger partial charge in [0.15, 0.2) is 6.20 Å². The fraction of sp³-hybridized carbons (Fsp3) is 0.263. The fourth-order valence-electron chi connectivity index (χ4n) is 2.92. The first-order valence-electron chi connectivity index (χ1n) is 7.55. The molecule has 0 atom stereocenters. The quantitative estimate of drug-likeness (QED) is 0.662. The van der Waals surface area contributed by atoms with Crippen molar-refractivity contribution < 1.29 is 4.57 Å². The molecule has 112 valence electrons. The minimum atomic E-state index is 1.04. The lowest BCUT2D eigenvalue weighted by Gasteiger charge is -2.10. The van der Waals surface area contributed by atoms with Crippen LogP contribution in [-0.4, -0.2) is 9.55 Å². The van der Waals surface area contributed by atoms with E-state index in [0.29, 0.717) is 0 Å². The molecule has 3 rings (SSSR count). The van der Waals surface area contributed by atoms with Gasteiger partial charge in [-0.15, -0.1) is 0 Å². The molecular formula is C19H22N3+. The molecule has 0 saturated carbocycles. The fourth-order valence-corrected chi connectivity index (χ4v) is 2.92. The highest BCUT2D eigenvalue weighted by Gasteiger charge is 2.17.